The molecule has 3 rings (SSSR count). The van der Waals surface area contributed by atoms with Gasteiger partial charge in [0.15, 0.2) is 6.54 Å². The topological polar surface area (TPSA) is 37.6 Å². The maximum Gasteiger partial charge on any atom is 0.277 e. The summed E-state index contributed by atoms with van der Waals surface area (Å²) in [5, 5.41) is 1.71. The van der Waals surface area contributed by atoms with Crippen LogP contribution in [0.1, 0.15) is 10.6 Å². The summed E-state index contributed by atoms with van der Waals surface area (Å²) in [4.78, 5) is 19.9. The summed E-state index contributed by atoms with van der Waals surface area (Å²) < 4.78 is 1.15. The quantitative estimate of drug-likeness (QED) is 0.720. The summed E-state index contributed by atoms with van der Waals surface area (Å²) in [5.74, 6) is 0.101. The van der Waals surface area contributed by atoms with Crippen molar-refractivity contribution in [3.8, 4) is 0 Å². The van der Waals surface area contributed by atoms with E-state index in [4.69, 9.17) is 11.6 Å². The third-order valence-electron chi connectivity index (χ3n) is 4.04. The van der Waals surface area contributed by atoms with Gasteiger partial charge in [0, 0.05) is 17.6 Å². The third-order valence-corrected chi connectivity index (χ3v) is 5.43. The Bertz CT molecular complexity index is 847. The van der Waals surface area contributed by atoms with E-state index >= 15 is 0 Å². The van der Waals surface area contributed by atoms with Crippen LogP contribution in [0.5, 0.6) is 0 Å². The Morgan fingerprint density at radius 1 is 1.20 bits per heavy atom. The van der Waals surface area contributed by atoms with Crippen LogP contribution in [0.15, 0.2) is 48.5 Å². The van der Waals surface area contributed by atoms with Crippen LogP contribution < -0.4 is 4.90 Å². The minimum Gasteiger partial charge on any atom is -0.334 e. The minimum absolute atomic E-state index is 0.101. The number of carbonyl (C=O) groups is 1. The van der Waals surface area contributed by atoms with Crippen molar-refractivity contribution in [2.75, 3.05) is 20.6 Å². The first-order valence-corrected chi connectivity index (χ1v) is 9.35. The number of aromatic nitrogens is 1. The molecule has 130 valence electrons. The zero-order valence-corrected chi connectivity index (χ0v) is 15.9. The van der Waals surface area contributed by atoms with Crippen molar-refractivity contribution >= 4 is 39.1 Å². The molecule has 1 amide bonds. The molecule has 0 spiro atoms. The van der Waals surface area contributed by atoms with Crippen molar-refractivity contribution in [3.05, 3.63) is 64.1 Å². The smallest absolute Gasteiger partial charge is 0.277 e. The van der Waals surface area contributed by atoms with Gasteiger partial charge in [-0.3, -0.25) is 4.79 Å². The number of halogens is 1. The highest BCUT2D eigenvalue weighted by molar-refractivity contribution is 7.18. The molecule has 1 atom stereocenters. The first kappa shape index (κ1) is 17.9. The molecule has 0 saturated carbocycles. The molecule has 2 aromatic carbocycles. The number of nitrogens with one attached hydrogen (secondary N) is 1. The number of nitrogens with zero attached hydrogens (tertiary/aromatic N) is 2. The highest BCUT2D eigenvalue weighted by Crippen LogP contribution is 2.22. The minimum atomic E-state index is 0.101. The molecule has 4 nitrogen and oxygen atoms in total. The number of carbonyl (C=O) groups excluding carboxylic acids is 1. The predicted octanol–water partition coefficient (Wildman–Crippen LogP) is 2.62. The number of amides is 1. The van der Waals surface area contributed by atoms with Crippen molar-refractivity contribution in [3.63, 3.8) is 0 Å². The van der Waals surface area contributed by atoms with Gasteiger partial charge in [-0.2, -0.15) is 0 Å². The van der Waals surface area contributed by atoms with Crippen molar-refractivity contribution < 1.29 is 9.69 Å². The van der Waals surface area contributed by atoms with Crippen molar-refractivity contribution in [1.82, 2.24) is 9.88 Å². The molecule has 6 heteroatoms. The van der Waals surface area contributed by atoms with Crippen LogP contribution in [0.25, 0.3) is 10.2 Å². The zero-order valence-electron chi connectivity index (χ0n) is 14.3. The highest BCUT2D eigenvalue weighted by Gasteiger charge is 2.17. The van der Waals surface area contributed by atoms with Crippen LogP contribution in [0, 0.1) is 0 Å². The van der Waals surface area contributed by atoms with E-state index in [9.17, 15) is 4.79 Å². The molecule has 0 aliphatic heterocycles. The number of quaternary nitrogens is 1. The molecular formula is C19H21ClN3OS+. The summed E-state index contributed by atoms with van der Waals surface area (Å²) in [7, 11) is 3.84. The molecule has 1 N–H and O–H groups in total. The average Bonchev–Trinajstić information content (AvgIpc) is 2.99. The fourth-order valence-electron chi connectivity index (χ4n) is 2.70. The first-order valence-electron chi connectivity index (χ1n) is 8.16. The van der Waals surface area contributed by atoms with Gasteiger partial charge in [-0.1, -0.05) is 41.9 Å². The Labute approximate surface area is 156 Å². The Balaban J connectivity index is 1.57. The van der Waals surface area contributed by atoms with Crippen LogP contribution >= 0.6 is 22.9 Å². The van der Waals surface area contributed by atoms with Gasteiger partial charge in [0.25, 0.3) is 5.91 Å². The van der Waals surface area contributed by atoms with Crippen LogP contribution in [0.2, 0.25) is 5.02 Å². The standard InChI is InChI=1S/C19H20ClN3OS/c1-22(11-14-7-3-4-8-15(14)20)13-19(24)23(2)12-18-21-16-9-5-6-10-17(16)25-18/h3-10H,11-13H2,1-2H3/p+1. The lowest BCUT2D eigenvalue weighted by atomic mass is 10.2. The lowest BCUT2D eigenvalue weighted by molar-refractivity contribution is -0.885. The van der Waals surface area contributed by atoms with E-state index < -0.39 is 0 Å². The average molecular weight is 375 g/mol. The SMILES string of the molecule is CN(Cc1nc2ccccc2s1)C(=O)C[NH+](C)Cc1ccccc1Cl. The summed E-state index contributed by atoms with van der Waals surface area (Å²) in [5.41, 5.74) is 2.05. The number of hydrogen-bond donors (Lipinski definition) is 1. The van der Waals surface area contributed by atoms with Gasteiger partial charge in [-0.15, -0.1) is 11.3 Å². The van der Waals surface area contributed by atoms with Gasteiger partial charge >= 0.3 is 0 Å². The fourth-order valence-corrected chi connectivity index (χ4v) is 3.92. The number of thiazole rings is 1. The second kappa shape index (κ2) is 7.95. The van der Waals surface area contributed by atoms with E-state index in [-0.39, 0.29) is 5.91 Å². The number of rotatable bonds is 6. The molecule has 0 fully saturated rings. The predicted molar refractivity (Wildman–Crippen MR) is 103 cm³/mol. The summed E-state index contributed by atoms with van der Waals surface area (Å²) in [6.07, 6.45) is 0. The van der Waals surface area contributed by atoms with Crippen LogP contribution in [-0.4, -0.2) is 36.4 Å². The van der Waals surface area contributed by atoms with Gasteiger partial charge < -0.3 is 9.80 Å². The van der Waals surface area contributed by atoms with Gasteiger partial charge in [0.1, 0.15) is 11.6 Å². The molecule has 1 unspecified atom stereocenters. The summed E-state index contributed by atoms with van der Waals surface area (Å²) >= 11 is 7.84. The third kappa shape index (κ3) is 4.57. The number of likely N-dealkylation sites (N-methyl/N-ethyl adjacent to an activating group) is 2. The van der Waals surface area contributed by atoms with Crippen molar-refractivity contribution in [2.45, 2.75) is 13.1 Å². The lowest BCUT2D eigenvalue weighted by Gasteiger charge is -2.19. The van der Waals surface area contributed by atoms with E-state index in [1.165, 1.54) is 0 Å². The normalized spacial score (nSPS) is 12.3. The summed E-state index contributed by atoms with van der Waals surface area (Å²) in [6.45, 7) is 1.69. The first-order chi connectivity index (χ1) is 12.0. The second-order valence-corrected chi connectivity index (χ2v) is 7.75. The lowest BCUT2D eigenvalue weighted by Crippen LogP contribution is -3.08. The molecule has 0 aliphatic carbocycles. The Morgan fingerprint density at radius 2 is 1.92 bits per heavy atom. The Hall–Kier alpha value is -1.95. The maximum atomic E-state index is 12.5. The Kier molecular flexibility index (Phi) is 5.68. The van der Waals surface area contributed by atoms with Crippen LogP contribution in [0.3, 0.4) is 0 Å². The van der Waals surface area contributed by atoms with E-state index in [1.807, 2.05) is 56.6 Å². The Morgan fingerprint density at radius 3 is 2.68 bits per heavy atom. The van der Waals surface area contributed by atoms with Crippen LogP contribution in [-0.2, 0) is 17.9 Å². The van der Waals surface area contributed by atoms with E-state index in [1.54, 1.807) is 16.2 Å². The largest absolute Gasteiger partial charge is 0.334 e. The number of hydrogen-bond acceptors (Lipinski definition) is 3. The van der Waals surface area contributed by atoms with E-state index in [2.05, 4.69) is 11.1 Å². The summed E-state index contributed by atoms with van der Waals surface area (Å²) in [6, 6.07) is 15.8. The van der Waals surface area contributed by atoms with Crippen molar-refractivity contribution in [2.24, 2.45) is 0 Å². The number of fused-ring (bicyclic) bond motifs is 1. The second-order valence-electron chi connectivity index (χ2n) is 6.23. The molecule has 3 aromatic rings. The zero-order chi connectivity index (χ0) is 17.8. The molecule has 0 aliphatic rings. The van der Waals surface area contributed by atoms with E-state index in [0.717, 1.165) is 37.3 Å². The molecule has 25 heavy (non-hydrogen) atoms. The molecule has 1 heterocycles. The number of benzene rings is 2. The van der Waals surface area contributed by atoms with Crippen LogP contribution in [0.4, 0.5) is 0 Å². The van der Waals surface area contributed by atoms with Crippen molar-refractivity contribution in [1.29, 1.82) is 0 Å². The van der Waals surface area contributed by atoms with Gasteiger partial charge in [-0.05, 0) is 18.2 Å². The van der Waals surface area contributed by atoms with Gasteiger partial charge in [0.2, 0.25) is 0 Å². The maximum absolute atomic E-state index is 12.5. The molecular weight excluding hydrogens is 354 g/mol. The molecule has 0 bridgehead atoms. The van der Waals surface area contributed by atoms with Gasteiger partial charge in [-0.25, -0.2) is 4.98 Å². The highest BCUT2D eigenvalue weighted by atomic mass is 35.5. The van der Waals surface area contributed by atoms with E-state index in [0.29, 0.717) is 13.1 Å². The molecule has 1 aromatic heterocycles. The number of para-hydroxylation sites is 1. The molecule has 0 saturated heterocycles. The fraction of sp³-hybridized carbons (Fsp3) is 0.263. The molecule has 0 radical (unpaired) electrons. The van der Waals surface area contributed by atoms with Gasteiger partial charge in [0.05, 0.1) is 23.8 Å². The monoisotopic (exact) mass is 374 g/mol.